The average molecular weight is 830 g/mol. The van der Waals surface area contributed by atoms with Crippen molar-refractivity contribution in [3.8, 4) is 11.1 Å². The fraction of sp³-hybridized carbons (Fsp3) is 0.500. The molecule has 0 radical (unpaired) electrons. The molecule has 4 aromatic rings. The second-order valence-corrected chi connectivity index (χ2v) is 18.0. The Morgan fingerprint density at radius 2 is 1.65 bits per heavy atom. The summed E-state index contributed by atoms with van der Waals surface area (Å²) in [5, 5.41) is 15.1. The summed E-state index contributed by atoms with van der Waals surface area (Å²) in [5.41, 5.74) is 1.77. The molecule has 0 bridgehead atoms. The van der Waals surface area contributed by atoms with Gasteiger partial charge in [-0.1, -0.05) is 13.8 Å². The van der Waals surface area contributed by atoms with E-state index in [-0.39, 0.29) is 53.7 Å². The fourth-order valence-electron chi connectivity index (χ4n) is 6.32. The molecule has 52 heavy (non-hydrogen) atoms. The van der Waals surface area contributed by atoms with Gasteiger partial charge in [0.1, 0.15) is 18.7 Å². The fourth-order valence-corrected chi connectivity index (χ4v) is 9.38. The summed E-state index contributed by atoms with van der Waals surface area (Å²) in [6, 6.07) is 8.27. The predicted molar refractivity (Wildman–Crippen MR) is 191 cm³/mol. The van der Waals surface area contributed by atoms with E-state index in [4.69, 9.17) is 9.84 Å². The topological polar surface area (TPSA) is 154 Å². The number of ether oxygens (including phenoxy) is 1. The molecule has 0 spiro atoms. The number of fused-ring (bicyclic) bond motifs is 2. The van der Waals surface area contributed by atoms with Crippen LogP contribution < -0.4 is 31.8 Å². The number of rotatable bonds is 13. The molecule has 12 nitrogen and oxygen atoms in total. The van der Waals surface area contributed by atoms with Gasteiger partial charge in [-0.3, -0.25) is 14.4 Å². The Morgan fingerprint density at radius 1 is 0.942 bits per heavy atom. The van der Waals surface area contributed by atoms with Crippen LogP contribution in [0.15, 0.2) is 36.5 Å². The van der Waals surface area contributed by atoms with Gasteiger partial charge < -0.3 is 15.4 Å². The van der Waals surface area contributed by atoms with Crippen LogP contribution in [-0.4, -0.2) is 69.7 Å². The molecule has 2 heterocycles. The van der Waals surface area contributed by atoms with Gasteiger partial charge in [-0.15, -0.1) is 0 Å². The summed E-state index contributed by atoms with van der Waals surface area (Å²) < 4.78 is 24.5. The van der Waals surface area contributed by atoms with Crippen LogP contribution in [0.2, 0.25) is 0 Å². The molecule has 1 aliphatic rings. The molecule has 2 aromatic carbocycles. The Morgan fingerprint density at radius 3 is 2.35 bits per heavy atom. The third-order valence-corrected chi connectivity index (χ3v) is 12.1. The number of carbonyl (C=O) groups excluding carboxylic acids is 5. The maximum atomic E-state index is 15.8. The third-order valence-electron chi connectivity index (χ3n) is 8.72. The van der Waals surface area contributed by atoms with Gasteiger partial charge in [0.05, 0.1) is 6.54 Å². The Kier molecular flexibility index (Phi) is 12.8. The van der Waals surface area contributed by atoms with Crippen molar-refractivity contribution >= 4 is 49.3 Å². The summed E-state index contributed by atoms with van der Waals surface area (Å²) in [5.74, 6) is -2.55. The molecule has 0 aliphatic heterocycles. The van der Waals surface area contributed by atoms with Gasteiger partial charge in [0.25, 0.3) is 0 Å². The van der Waals surface area contributed by atoms with Crippen LogP contribution in [0.1, 0.15) is 102 Å². The molecule has 0 unspecified atom stereocenters. The molecule has 1 saturated carbocycles. The van der Waals surface area contributed by atoms with E-state index in [0.717, 1.165) is 12.8 Å². The standard InChI is InChI=1S/C38H47FIN6O6/c1-23(2)37-36-26(13-10-14-29(36)45(44-37)22-33(49)41-20-32(48)42-21-35(51)52-38(3,4)5)27-18-30-24(17-28(27)39)19-43-46(30)34(50)16-15-31(47)40-25-11-8-6-7-9-12-25/h10,13-14,17-19,23,25H,6-9,11-12,15-16,20-22H2,1-5H3,(H,41,49)(H,42,48)/q-1. The van der Waals surface area contributed by atoms with Crippen molar-refractivity contribution in [1.82, 2.24) is 30.2 Å². The third kappa shape index (κ3) is 10.0. The van der Waals surface area contributed by atoms with Gasteiger partial charge in [-0.25, -0.2) is 0 Å². The van der Waals surface area contributed by atoms with E-state index >= 15 is 4.39 Å². The first-order valence-corrected chi connectivity index (χ1v) is 20.1. The molecule has 2 N–H and O–H groups in total. The number of esters is 1. The zero-order chi connectivity index (χ0) is 37.6. The quantitative estimate of drug-likeness (QED) is 0.0687. The minimum absolute atomic E-state index is 0.0437. The van der Waals surface area contributed by atoms with Gasteiger partial charge in [0, 0.05) is 0 Å². The summed E-state index contributed by atoms with van der Waals surface area (Å²) in [4.78, 5) is 63.3. The van der Waals surface area contributed by atoms with E-state index in [9.17, 15) is 24.0 Å². The SMILES string of the molecule is CC(C)c1nn(CC(=O)NCC(=O)NCC(=O)OC(C)(C)C)c2cccc(-c3cc4c(cnn4C(=O)CCC(=O)[I-]C4CCCCCC4)cc3F)c12. The Balaban J connectivity index is 1.32. The van der Waals surface area contributed by atoms with Crippen LogP contribution in [0, 0.1) is 5.82 Å². The number of halogens is 2. The normalized spacial score (nSPS) is 14.1. The second-order valence-electron chi connectivity index (χ2n) is 14.4. The minimum atomic E-state index is -0.687. The number of hydrogen-bond acceptors (Lipinski definition) is 8. The molecular formula is C38H47FIN6O6-. The molecule has 2 aromatic heterocycles. The average Bonchev–Trinajstić information content (AvgIpc) is 3.56. The van der Waals surface area contributed by atoms with Crippen LogP contribution in [0.4, 0.5) is 4.39 Å². The molecule has 0 atom stereocenters. The summed E-state index contributed by atoms with van der Waals surface area (Å²) in [6.07, 6.45) is 8.73. The first kappa shape index (κ1) is 39.0. The molecule has 1 aliphatic carbocycles. The number of amides is 2. The number of benzene rings is 2. The first-order valence-electron chi connectivity index (χ1n) is 17.8. The zero-order valence-electron chi connectivity index (χ0n) is 30.4. The van der Waals surface area contributed by atoms with Crippen LogP contribution in [0.3, 0.4) is 0 Å². The van der Waals surface area contributed by atoms with Gasteiger partial charge in [-0.2, -0.15) is 0 Å². The van der Waals surface area contributed by atoms with E-state index in [1.54, 1.807) is 45.0 Å². The van der Waals surface area contributed by atoms with Gasteiger partial charge >= 0.3 is 213 Å². The molecular weight excluding hydrogens is 782 g/mol. The number of nitrogens with one attached hydrogen (secondary N) is 2. The van der Waals surface area contributed by atoms with E-state index < -0.39 is 50.4 Å². The van der Waals surface area contributed by atoms with Crippen molar-refractivity contribution in [3.05, 3.63) is 48.0 Å². The van der Waals surface area contributed by atoms with E-state index in [1.165, 1.54) is 47.3 Å². The van der Waals surface area contributed by atoms with Crippen LogP contribution in [-0.2, 0) is 30.5 Å². The van der Waals surface area contributed by atoms with Crippen LogP contribution in [0.5, 0.6) is 0 Å². The van der Waals surface area contributed by atoms with Gasteiger partial charge in [0.15, 0.2) is 0 Å². The summed E-state index contributed by atoms with van der Waals surface area (Å²) in [7, 11) is 0. The van der Waals surface area contributed by atoms with Crippen LogP contribution in [0.25, 0.3) is 32.9 Å². The van der Waals surface area contributed by atoms with Crippen molar-refractivity contribution in [3.63, 3.8) is 0 Å². The van der Waals surface area contributed by atoms with Gasteiger partial charge in [-0.05, 0) is 20.8 Å². The van der Waals surface area contributed by atoms with Crippen molar-refractivity contribution < 1.29 is 54.3 Å². The molecule has 14 heteroatoms. The Hall–Kier alpha value is -4.21. The van der Waals surface area contributed by atoms with Crippen molar-refractivity contribution in [2.75, 3.05) is 13.1 Å². The van der Waals surface area contributed by atoms with E-state index in [2.05, 4.69) is 15.7 Å². The number of nitrogens with zero attached hydrogens (tertiary/aromatic N) is 4. The number of alkyl halides is 1. The number of aromatic nitrogens is 4. The van der Waals surface area contributed by atoms with Crippen molar-refractivity contribution in [1.29, 1.82) is 0 Å². The first-order chi connectivity index (χ1) is 24.7. The van der Waals surface area contributed by atoms with E-state index in [0.29, 0.717) is 37.0 Å². The predicted octanol–water partition coefficient (Wildman–Crippen LogP) is 2.65. The molecule has 280 valence electrons. The zero-order valence-corrected chi connectivity index (χ0v) is 32.5. The monoisotopic (exact) mass is 829 g/mol. The number of carbonyl (C=O) groups is 5. The summed E-state index contributed by atoms with van der Waals surface area (Å²) in [6.45, 7) is 8.18. The van der Waals surface area contributed by atoms with Crippen molar-refractivity contribution in [2.45, 2.75) is 108 Å². The Labute approximate surface area is 312 Å². The van der Waals surface area contributed by atoms with Gasteiger partial charge in [0.2, 0.25) is 11.8 Å². The molecule has 1 fully saturated rings. The van der Waals surface area contributed by atoms with E-state index in [1.807, 2.05) is 13.8 Å². The Bertz CT molecular complexity index is 1970. The second kappa shape index (κ2) is 17.1. The molecule has 5 rings (SSSR count). The molecule has 2 amide bonds. The number of hydrogen-bond donors (Lipinski definition) is 2. The maximum absolute atomic E-state index is 15.8. The van der Waals surface area contributed by atoms with Crippen LogP contribution >= 0.6 is 0 Å². The van der Waals surface area contributed by atoms with Crippen molar-refractivity contribution in [2.24, 2.45) is 0 Å². The summed E-state index contributed by atoms with van der Waals surface area (Å²) >= 11 is -0.623. The molecule has 0 saturated heterocycles.